The van der Waals surface area contributed by atoms with Crippen LogP contribution in [0.25, 0.3) is 6.08 Å². The Balaban J connectivity index is 1.58. The van der Waals surface area contributed by atoms with Gasteiger partial charge in [-0.3, -0.25) is 19.0 Å². The lowest BCUT2D eigenvalue weighted by molar-refractivity contribution is -0.120. The number of fused-ring (bicyclic) bond motifs is 1. The fourth-order valence-electron chi connectivity index (χ4n) is 4.42. The first kappa shape index (κ1) is 27.1. The lowest BCUT2D eigenvalue weighted by atomic mass is 10.0. The molecule has 0 aliphatic carbocycles. The maximum Gasteiger partial charge on any atom is 0.271 e. The molecule has 2 amide bonds. The molecule has 0 radical (unpaired) electrons. The van der Waals surface area contributed by atoms with Crippen LogP contribution in [0.1, 0.15) is 29.0 Å². The monoisotopic (exact) mass is 574 g/mol. The number of ether oxygens (including phenoxy) is 2. The Kier molecular flexibility index (Phi) is 7.67. The summed E-state index contributed by atoms with van der Waals surface area (Å²) in [5, 5.41) is 4.93. The highest BCUT2D eigenvalue weighted by atomic mass is 32.1. The minimum Gasteiger partial charge on any atom is -0.493 e. The molecule has 4 aromatic rings. The molecule has 0 fully saturated rings. The number of primary amides is 1. The van der Waals surface area contributed by atoms with E-state index in [4.69, 9.17) is 15.2 Å². The van der Waals surface area contributed by atoms with Gasteiger partial charge in [0.1, 0.15) is 6.04 Å². The van der Waals surface area contributed by atoms with Crippen LogP contribution in [0, 0.1) is 6.92 Å². The molecule has 3 heterocycles. The summed E-state index contributed by atoms with van der Waals surface area (Å²) in [5.74, 6) is -0.155. The Labute approximate surface area is 237 Å². The molecule has 11 heteroatoms. The molecule has 0 saturated heterocycles. The van der Waals surface area contributed by atoms with Crippen LogP contribution in [0.5, 0.6) is 11.5 Å². The van der Waals surface area contributed by atoms with E-state index in [0.717, 1.165) is 10.4 Å². The Bertz CT molecular complexity index is 1820. The number of nitrogens with one attached hydrogen (secondary N) is 1. The summed E-state index contributed by atoms with van der Waals surface area (Å²) in [5.41, 5.74) is 8.21. The molecule has 0 bridgehead atoms. The van der Waals surface area contributed by atoms with Crippen molar-refractivity contribution in [3.8, 4) is 11.5 Å². The van der Waals surface area contributed by atoms with Gasteiger partial charge in [0.25, 0.3) is 17.4 Å². The highest BCUT2D eigenvalue weighted by Crippen LogP contribution is 2.33. The summed E-state index contributed by atoms with van der Waals surface area (Å²) in [4.78, 5) is 44.6. The van der Waals surface area contributed by atoms with Gasteiger partial charge in [-0.15, -0.1) is 11.3 Å². The van der Waals surface area contributed by atoms with E-state index in [0.29, 0.717) is 43.4 Å². The largest absolute Gasteiger partial charge is 0.493 e. The number of para-hydroxylation sites is 1. The molecule has 1 aliphatic rings. The summed E-state index contributed by atoms with van der Waals surface area (Å²) in [6, 6.07) is 15.8. The number of amides is 2. The minimum atomic E-state index is -0.624. The predicted octanol–water partition coefficient (Wildman–Crippen LogP) is 3.12. The van der Waals surface area contributed by atoms with Crippen molar-refractivity contribution < 1.29 is 19.1 Å². The van der Waals surface area contributed by atoms with Crippen molar-refractivity contribution in [2.24, 2.45) is 10.7 Å². The molecular formula is C29H26N4O5S2. The minimum absolute atomic E-state index is 0.260. The van der Waals surface area contributed by atoms with Crippen LogP contribution < -0.4 is 35.4 Å². The lowest BCUT2D eigenvalue weighted by Crippen LogP contribution is -2.40. The van der Waals surface area contributed by atoms with Crippen LogP contribution in [-0.2, 0) is 9.59 Å². The van der Waals surface area contributed by atoms with Gasteiger partial charge in [0, 0.05) is 10.6 Å². The van der Waals surface area contributed by atoms with E-state index in [-0.39, 0.29) is 18.1 Å². The van der Waals surface area contributed by atoms with Gasteiger partial charge < -0.3 is 20.5 Å². The summed E-state index contributed by atoms with van der Waals surface area (Å²) in [6.07, 6.45) is 1.74. The number of hydrogen-bond donors (Lipinski definition) is 2. The maximum atomic E-state index is 13.8. The smallest absolute Gasteiger partial charge is 0.271 e. The van der Waals surface area contributed by atoms with Crippen LogP contribution in [0.3, 0.4) is 0 Å². The maximum absolute atomic E-state index is 13.8. The van der Waals surface area contributed by atoms with E-state index < -0.39 is 11.9 Å². The normalized spacial score (nSPS) is 14.9. The fourth-order valence-corrected chi connectivity index (χ4v) is 6.29. The molecule has 1 atom stereocenters. The number of benzene rings is 2. The van der Waals surface area contributed by atoms with E-state index in [9.17, 15) is 14.4 Å². The van der Waals surface area contributed by atoms with Gasteiger partial charge in [-0.2, -0.15) is 0 Å². The predicted molar refractivity (Wildman–Crippen MR) is 156 cm³/mol. The number of methoxy groups -OCH3 is 1. The van der Waals surface area contributed by atoms with E-state index in [1.807, 2.05) is 48.7 Å². The molecular weight excluding hydrogens is 548 g/mol. The summed E-state index contributed by atoms with van der Waals surface area (Å²) < 4.78 is 12.8. The van der Waals surface area contributed by atoms with Crippen molar-refractivity contribution in [3.05, 3.63) is 107 Å². The van der Waals surface area contributed by atoms with E-state index in [2.05, 4.69) is 10.3 Å². The van der Waals surface area contributed by atoms with E-state index >= 15 is 0 Å². The molecule has 9 nitrogen and oxygen atoms in total. The van der Waals surface area contributed by atoms with Gasteiger partial charge in [0.05, 0.1) is 22.9 Å². The Morgan fingerprint density at radius 2 is 1.93 bits per heavy atom. The third-order valence-electron chi connectivity index (χ3n) is 6.33. The second-order valence-electron chi connectivity index (χ2n) is 9.03. The summed E-state index contributed by atoms with van der Waals surface area (Å²) in [7, 11) is 1.48. The van der Waals surface area contributed by atoms with E-state index in [1.54, 1.807) is 35.8 Å². The number of carbonyl (C=O) groups is 2. The average molecular weight is 575 g/mol. The van der Waals surface area contributed by atoms with Crippen molar-refractivity contribution in [3.63, 3.8) is 0 Å². The molecule has 204 valence electrons. The van der Waals surface area contributed by atoms with Crippen molar-refractivity contribution >= 4 is 46.3 Å². The highest BCUT2D eigenvalue weighted by molar-refractivity contribution is 7.10. The average Bonchev–Trinajstić information content (AvgIpc) is 3.56. The number of rotatable bonds is 8. The second-order valence-corrected chi connectivity index (χ2v) is 11.0. The Hall–Kier alpha value is -4.48. The first-order valence-electron chi connectivity index (χ1n) is 12.3. The van der Waals surface area contributed by atoms with Gasteiger partial charge in [-0.05, 0) is 60.7 Å². The van der Waals surface area contributed by atoms with Gasteiger partial charge in [-0.25, -0.2) is 4.99 Å². The van der Waals surface area contributed by atoms with Crippen molar-refractivity contribution in [1.29, 1.82) is 0 Å². The molecule has 2 aromatic carbocycles. The first-order chi connectivity index (χ1) is 19.3. The number of carbonyl (C=O) groups excluding carboxylic acids is 2. The van der Waals surface area contributed by atoms with Crippen LogP contribution in [0.4, 0.5) is 5.69 Å². The molecule has 40 heavy (non-hydrogen) atoms. The second kappa shape index (κ2) is 11.3. The number of nitrogens with two attached hydrogens (primary N) is 1. The fraction of sp³-hybridized carbons (Fsp3) is 0.172. The Morgan fingerprint density at radius 3 is 2.62 bits per heavy atom. The van der Waals surface area contributed by atoms with Gasteiger partial charge in [0.2, 0.25) is 0 Å². The number of thiophene rings is 1. The van der Waals surface area contributed by atoms with Gasteiger partial charge in [0.15, 0.2) is 22.9 Å². The van der Waals surface area contributed by atoms with Crippen molar-refractivity contribution in [2.75, 3.05) is 19.0 Å². The first-order valence-corrected chi connectivity index (χ1v) is 14.0. The summed E-state index contributed by atoms with van der Waals surface area (Å²) >= 11 is 2.72. The number of allylic oxidation sites excluding steroid dienone is 1. The topological polar surface area (TPSA) is 125 Å². The molecule has 3 N–H and O–H groups in total. The summed E-state index contributed by atoms with van der Waals surface area (Å²) in [6.45, 7) is 3.43. The molecule has 1 aliphatic heterocycles. The number of anilines is 1. The zero-order valence-electron chi connectivity index (χ0n) is 22.0. The van der Waals surface area contributed by atoms with Gasteiger partial charge in [-0.1, -0.05) is 41.7 Å². The van der Waals surface area contributed by atoms with Crippen LogP contribution >= 0.6 is 22.7 Å². The molecule has 0 saturated carbocycles. The number of aromatic nitrogens is 1. The molecule has 5 rings (SSSR count). The molecule has 0 spiro atoms. The molecule has 0 unspecified atom stereocenters. The standard InChI is InChI=1S/C29H26N4O5S2/c1-16-7-4-5-8-19(16)32-27(35)25-17(2)31-29-33(26(25)22-9-6-12-39-22)28(36)23(40-29)14-18-10-11-20(21(13-18)37-3)38-15-24(30)34/h4-14,26H,15H2,1-3H3,(H2,30,34)(H,32,35)/b23-14+/t26-/m1/s1. The Morgan fingerprint density at radius 1 is 1.12 bits per heavy atom. The van der Waals surface area contributed by atoms with E-state index in [1.165, 1.54) is 29.8 Å². The number of aryl methyl sites for hydroxylation is 1. The molecule has 2 aromatic heterocycles. The van der Waals surface area contributed by atoms with Crippen LogP contribution in [0.2, 0.25) is 0 Å². The van der Waals surface area contributed by atoms with Crippen LogP contribution in [0.15, 0.2) is 81.0 Å². The SMILES string of the molecule is COc1cc(/C=c2/sc3n(c2=O)[C@H](c2cccs2)C(C(=O)Nc2ccccc2C)=C(C)N=3)ccc1OCC(N)=O. The van der Waals surface area contributed by atoms with Crippen LogP contribution in [-0.4, -0.2) is 30.1 Å². The zero-order valence-corrected chi connectivity index (χ0v) is 23.6. The number of hydrogen-bond acceptors (Lipinski definition) is 8. The van der Waals surface area contributed by atoms with Crippen molar-refractivity contribution in [2.45, 2.75) is 19.9 Å². The van der Waals surface area contributed by atoms with Crippen molar-refractivity contribution in [1.82, 2.24) is 4.57 Å². The lowest BCUT2D eigenvalue weighted by Gasteiger charge is -2.24. The van der Waals surface area contributed by atoms with Gasteiger partial charge >= 0.3 is 0 Å². The number of nitrogens with zero attached hydrogens (tertiary/aromatic N) is 2. The quantitative estimate of drug-likeness (QED) is 0.335. The zero-order chi connectivity index (χ0) is 28.4. The number of thiazole rings is 1. The third kappa shape index (κ3) is 5.33. The third-order valence-corrected chi connectivity index (χ3v) is 8.24. The highest BCUT2D eigenvalue weighted by Gasteiger charge is 2.33.